The highest BCUT2D eigenvalue weighted by atomic mass is 127. The van der Waals surface area contributed by atoms with E-state index >= 15 is 0 Å². The quantitative estimate of drug-likeness (QED) is 0.239. The maximum absolute atomic E-state index is 12.4. The van der Waals surface area contributed by atoms with Crippen LogP contribution in [0.1, 0.15) is 63.0 Å². The first-order chi connectivity index (χ1) is 14.4. The zero-order valence-electron chi connectivity index (χ0n) is 19.5. The van der Waals surface area contributed by atoms with Crippen LogP contribution in [0.25, 0.3) is 0 Å². The molecule has 0 amide bonds. The van der Waals surface area contributed by atoms with Gasteiger partial charge in [-0.2, -0.15) is 10.2 Å². The van der Waals surface area contributed by atoms with Gasteiger partial charge in [-0.1, -0.05) is 13.8 Å². The Morgan fingerprint density at radius 3 is 2.77 bits per heavy atom. The largest absolute Gasteiger partial charge is 0.357 e. The zero-order chi connectivity index (χ0) is 21.7. The fraction of sp³-hybridized carbons (Fsp3) is 0.714. The van der Waals surface area contributed by atoms with Crippen molar-refractivity contribution in [3.05, 3.63) is 33.8 Å². The van der Waals surface area contributed by atoms with Gasteiger partial charge in [-0.05, 0) is 32.1 Å². The number of hydrogen-bond acceptors (Lipinski definition) is 4. The minimum Gasteiger partial charge on any atom is -0.357 e. The highest BCUT2D eigenvalue weighted by molar-refractivity contribution is 14.0. The van der Waals surface area contributed by atoms with Gasteiger partial charge in [0, 0.05) is 65.0 Å². The van der Waals surface area contributed by atoms with Gasteiger partial charge in [-0.25, -0.2) is 9.48 Å². The molecule has 1 aliphatic heterocycles. The first-order valence-corrected chi connectivity index (χ1v) is 11.1. The van der Waals surface area contributed by atoms with E-state index in [9.17, 15) is 4.79 Å². The number of hydrogen-bond donors (Lipinski definition) is 1. The molecule has 3 rings (SSSR count). The minimum atomic E-state index is 0. The van der Waals surface area contributed by atoms with E-state index in [-0.39, 0.29) is 29.7 Å². The van der Waals surface area contributed by atoms with Gasteiger partial charge in [0.25, 0.3) is 0 Å². The van der Waals surface area contributed by atoms with E-state index in [1.165, 1.54) is 5.56 Å². The van der Waals surface area contributed by atoms with Gasteiger partial charge in [-0.3, -0.25) is 14.2 Å². The van der Waals surface area contributed by atoms with Crippen LogP contribution in [-0.4, -0.2) is 55.1 Å². The lowest BCUT2D eigenvalue weighted by atomic mass is 10.1. The lowest BCUT2D eigenvalue weighted by molar-refractivity contribution is 0.471. The Hall–Kier alpha value is -1.85. The van der Waals surface area contributed by atoms with Gasteiger partial charge in [0.2, 0.25) is 0 Å². The average molecular weight is 544 g/mol. The van der Waals surface area contributed by atoms with E-state index in [4.69, 9.17) is 4.99 Å². The summed E-state index contributed by atoms with van der Waals surface area (Å²) in [5, 5.41) is 12.5. The van der Waals surface area contributed by atoms with E-state index in [0.29, 0.717) is 19.0 Å². The third-order valence-electron chi connectivity index (χ3n) is 5.41. The second-order valence-electron chi connectivity index (χ2n) is 8.34. The molecule has 1 N–H and O–H groups in total. The van der Waals surface area contributed by atoms with Crippen LogP contribution in [0.3, 0.4) is 0 Å². The summed E-state index contributed by atoms with van der Waals surface area (Å²) in [4.78, 5) is 19.3. The highest BCUT2D eigenvalue weighted by Crippen LogP contribution is 2.18. The lowest BCUT2D eigenvalue weighted by Gasteiger charge is -2.22. The Bertz CT molecular complexity index is 926. The van der Waals surface area contributed by atoms with Crippen molar-refractivity contribution in [2.24, 2.45) is 12.0 Å². The van der Waals surface area contributed by atoms with E-state index in [2.05, 4.69) is 47.4 Å². The van der Waals surface area contributed by atoms with Crippen LogP contribution in [0.5, 0.6) is 0 Å². The molecule has 0 spiro atoms. The van der Waals surface area contributed by atoms with Crippen LogP contribution in [0.2, 0.25) is 0 Å². The van der Waals surface area contributed by atoms with Crippen molar-refractivity contribution in [1.82, 2.24) is 34.3 Å². The number of nitrogens with one attached hydrogen (secondary N) is 1. The van der Waals surface area contributed by atoms with Crippen molar-refractivity contribution in [3.63, 3.8) is 0 Å². The van der Waals surface area contributed by atoms with Crippen molar-refractivity contribution >= 4 is 29.9 Å². The average Bonchev–Trinajstić information content (AvgIpc) is 3.24. The predicted octanol–water partition coefficient (Wildman–Crippen LogP) is 2.34. The molecule has 0 radical (unpaired) electrons. The topological polar surface area (TPSA) is 85.3 Å². The lowest BCUT2D eigenvalue weighted by Crippen LogP contribution is -2.38. The standard InChI is InChI=1S/C21H36N8O.HI/c1-6-22-20(26(4)14-17-15-27(5)25-19(17)16(2)3)23-11-9-13-29-21(30)28-12-8-7-10-18(28)24-29;/h15-16H,6-14H2,1-5H3,(H,22,23);1H. The number of rotatable bonds is 8. The summed E-state index contributed by atoms with van der Waals surface area (Å²) in [7, 11) is 4.01. The van der Waals surface area contributed by atoms with Crippen LogP contribution in [-0.2, 0) is 33.1 Å². The third-order valence-corrected chi connectivity index (χ3v) is 5.41. The van der Waals surface area contributed by atoms with Crippen molar-refractivity contribution in [1.29, 1.82) is 0 Å². The van der Waals surface area contributed by atoms with Crippen LogP contribution < -0.4 is 11.0 Å². The Kier molecular flexibility index (Phi) is 9.57. The molecule has 174 valence electrons. The van der Waals surface area contributed by atoms with Crippen LogP contribution in [0.15, 0.2) is 16.0 Å². The summed E-state index contributed by atoms with van der Waals surface area (Å²) in [6.07, 6.45) is 5.96. The molecule has 0 aliphatic carbocycles. The molecule has 0 unspecified atom stereocenters. The number of fused-ring (bicyclic) bond motifs is 1. The van der Waals surface area contributed by atoms with Crippen LogP contribution >= 0.6 is 24.0 Å². The predicted molar refractivity (Wildman–Crippen MR) is 134 cm³/mol. The summed E-state index contributed by atoms with van der Waals surface area (Å²) < 4.78 is 5.31. The van der Waals surface area contributed by atoms with Crippen molar-refractivity contribution in [3.8, 4) is 0 Å². The van der Waals surface area contributed by atoms with Crippen LogP contribution in [0.4, 0.5) is 0 Å². The normalized spacial score (nSPS) is 13.8. The number of halogens is 1. The molecule has 1 aliphatic rings. The Morgan fingerprint density at radius 2 is 2.10 bits per heavy atom. The molecule has 31 heavy (non-hydrogen) atoms. The first-order valence-electron chi connectivity index (χ1n) is 11.1. The summed E-state index contributed by atoms with van der Waals surface area (Å²) >= 11 is 0. The number of nitrogens with zero attached hydrogens (tertiary/aromatic N) is 7. The molecule has 2 aromatic rings. The number of guanidine groups is 1. The highest BCUT2D eigenvalue weighted by Gasteiger charge is 2.17. The molecule has 0 aromatic carbocycles. The molecule has 2 aromatic heterocycles. The third kappa shape index (κ3) is 6.33. The molecule has 0 saturated heterocycles. The van der Waals surface area contributed by atoms with Gasteiger partial charge in [0.05, 0.1) is 5.69 Å². The first kappa shape index (κ1) is 25.4. The van der Waals surface area contributed by atoms with E-state index < -0.39 is 0 Å². The summed E-state index contributed by atoms with van der Waals surface area (Å²) in [5.41, 5.74) is 2.37. The van der Waals surface area contributed by atoms with Crippen molar-refractivity contribution < 1.29 is 0 Å². The van der Waals surface area contributed by atoms with Gasteiger partial charge in [0.15, 0.2) is 5.96 Å². The Morgan fingerprint density at radius 1 is 1.32 bits per heavy atom. The molecular formula is C21H37IN8O. The number of aliphatic imine (C=N–C) groups is 1. The smallest absolute Gasteiger partial charge is 0.345 e. The number of aromatic nitrogens is 5. The van der Waals surface area contributed by atoms with Gasteiger partial charge in [0.1, 0.15) is 5.82 Å². The Balaban J connectivity index is 0.00000341. The molecule has 0 atom stereocenters. The second kappa shape index (κ2) is 11.7. The SMILES string of the molecule is CCNC(=NCCCn1nc2n(c1=O)CCCC2)N(C)Cc1cn(C)nc1C(C)C.I. The van der Waals surface area contributed by atoms with Crippen LogP contribution in [0, 0.1) is 0 Å². The molecular weight excluding hydrogens is 507 g/mol. The fourth-order valence-corrected chi connectivity index (χ4v) is 3.96. The van der Waals surface area contributed by atoms with Crippen molar-refractivity contribution in [2.45, 2.75) is 72.0 Å². The second-order valence-corrected chi connectivity index (χ2v) is 8.34. The summed E-state index contributed by atoms with van der Waals surface area (Å²) in [6, 6.07) is 0. The van der Waals surface area contributed by atoms with E-state index in [0.717, 1.165) is 62.8 Å². The summed E-state index contributed by atoms with van der Waals surface area (Å²) in [5.74, 6) is 2.18. The molecule has 10 heteroatoms. The maximum Gasteiger partial charge on any atom is 0.345 e. The monoisotopic (exact) mass is 544 g/mol. The Labute approximate surface area is 201 Å². The number of aryl methyl sites for hydroxylation is 3. The molecule has 0 bridgehead atoms. The van der Waals surface area contributed by atoms with E-state index in [1.807, 2.05) is 23.3 Å². The van der Waals surface area contributed by atoms with E-state index in [1.54, 1.807) is 4.68 Å². The molecule has 0 fully saturated rings. The minimum absolute atomic E-state index is 0. The summed E-state index contributed by atoms with van der Waals surface area (Å²) in [6.45, 7) is 10.0. The van der Waals surface area contributed by atoms with Gasteiger partial charge >= 0.3 is 5.69 Å². The maximum atomic E-state index is 12.4. The zero-order valence-corrected chi connectivity index (χ0v) is 21.8. The fourth-order valence-electron chi connectivity index (χ4n) is 3.96. The molecule has 0 saturated carbocycles. The van der Waals surface area contributed by atoms with Crippen molar-refractivity contribution in [2.75, 3.05) is 20.1 Å². The molecule has 9 nitrogen and oxygen atoms in total. The van der Waals surface area contributed by atoms with Gasteiger partial charge < -0.3 is 10.2 Å². The molecule has 3 heterocycles. The van der Waals surface area contributed by atoms with Gasteiger partial charge in [-0.15, -0.1) is 24.0 Å².